The minimum atomic E-state index is -4.78. The van der Waals surface area contributed by atoms with Crippen molar-refractivity contribution in [2.24, 2.45) is 0 Å². The molecule has 0 unspecified atom stereocenters. The van der Waals surface area contributed by atoms with Crippen molar-refractivity contribution in [2.75, 3.05) is 12.9 Å². The van der Waals surface area contributed by atoms with Crippen molar-refractivity contribution in [3.8, 4) is 23.2 Å². The van der Waals surface area contributed by atoms with Crippen LogP contribution in [0.5, 0.6) is 17.5 Å². The van der Waals surface area contributed by atoms with Gasteiger partial charge < -0.3 is 9.47 Å². The summed E-state index contributed by atoms with van der Waals surface area (Å²) < 4.78 is 74.1. The topological polar surface area (TPSA) is 83.3 Å². The lowest BCUT2D eigenvalue weighted by molar-refractivity contribution is -0.144. The van der Waals surface area contributed by atoms with Gasteiger partial charge >= 0.3 is 12.2 Å². The Hall–Kier alpha value is -3.08. The van der Waals surface area contributed by atoms with Crippen molar-refractivity contribution in [3.05, 3.63) is 54.4 Å². The molecule has 0 spiro atoms. The molecule has 2 aromatic carbocycles. The Labute approximate surface area is 164 Å². The third kappa shape index (κ3) is 4.86. The standard InChI is InChI=1S/C18H16F3N3O4S/c1-3-27-13-6-8-14(9-7-13)28-17-22-16(18(19,20)21)23-24(17)12-4-10-15(11-5-12)29(2,25)26/h4-11H,3H2,1-2H3. The maximum absolute atomic E-state index is 13.1. The summed E-state index contributed by atoms with van der Waals surface area (Å²) in [5.41, 5.74) is 0.154. The second-order valence-corrected chi connectivity index (χ2v) is 7.92. The number of nitrogens with zero attached hydrogens (tertiary/aromatic N) is 3. The van der Waals surface area contributed by atoms with E-state index in [1.165, 1.54) is 36.4 Å². The van der Waals surface area contributed by atoms with Gasteiger partial charge in [-0.25, -0.2) is 8.42 Å². The Kier molecular flexibility index (Phi) is 5.51. The average Bonchev–Trinajstić information content (AvgIpc) is 3.07. The Bertz CT molecular complexity index is 1090. The zero-order valence-corrected chi connectivity index (χ0v) is 16.2. The SMILES string of the molecule is CCOc1ccc(Oc2nc(C(F)(F)F)nn2-c2ccc(S(C)(=O)=O)cc2)cc1. The zero-order chi connectivity index (χ0) is 21.2. The van der Waals surface area contributed by atoms with E-state index in [4.69, 9.17) is 9.47 Å². The fourth-order valence-corrected chi connectivity index (χ4v) is 2.99. The molecule has 1 aromatic heterocycles. The van der Waals surface area contributed by atoms with Crippen molar-refractivity contribution in [1.29, 1.82) is 0 Å². The molecule has 1 heterocycles. The largest absolute Gasteiger partial charge is 0.494 e. The summed E-state index contributed by atoms with van der Waals surface area (Å²) in [7, 11) is -3.46. The van der Waals surface area contributed by atoms with Crippen LogP contribution in [-0.4, -0.2) is 36.0 Å². The fraction of sp³-hybridized carbons (Fsp3) is 0.222. The molecule has 3 aromatic rings. The highest BCUT2D eigenvalue weighted by atomic mass is 32.2. The lowest BCUT2D eigenvalue weighted by Crippen LogP contribution is -2.08. The number of ether oxygens (including phenoxy) is 2. The molecular formula is C18H16F3N3O4S. The Morgan fingerprint density at radius 1 is 1.00 bits per heavy atom. The summed E-state index contributed by atoms with van der Waals surface area (Å²) in [5, 5.41) is 3.47. The van der Waals surface area contributed by atoms with Crippen molar-refractivity contribution in [2.45, 2.75) is 18.0 Å². The number of aromatic nitrogens is 3. The molecule has 3 rings (SSSR count). The highest BCUT2D eigenvalue weighted by Crippen LogP contribution is 2.31. The van der Waals surface area contributed by atoms with Crippen molar-refractivity contribution in [1.82, 2.24) is 14.8 Å². The van der Waals surface area contributed by atoms with Gasteiger partial charge in [0.25, 0.3) is 5.82 Å². The third-order valence-corrected chi connectivity index (χ3v) is 4.81. The van der Waals surface area contributed by atoms with Crippen LogP contribution in [0.2, 0.25) is 0 Å². The number of rotatable bonds is 6. The highest BCUT2D eigenvalue weighted by molar-refractivity contribution is 7.90. The van der Waals surface area contributed by atoms with E-state index >= 15 is 0 Å². The minimum Gasteiger partial charge on any atom is -0.494 e. The molecule has 0 aliphatic carbocycles. The van der Waals surface area contributed by atoms with Gasteiger partial charge in [0.1, 0.15) is 11.5 Å². The summed E-state index contributed by atoms with van der Waals surface area (Å²) in [5.74, 6) is -0.581. The molecule has 0 aliphatic heterocycles. The van der Waals surface area contributed by atoms with Gasteiger partial charge in [0, 0.05) is 6.26 Å². The normalized spacial score (nSPS) is 12.0. The minimum absolute atomic E-state index is 0.0198. The van der Waals surface area contributed by atoms with Crippen molar-refractivity contribution < 1.29 is 31.1 Å². The predicted molar refractivity (Wildman–Crippen MR) is 97.2 cm³/mol. The summed E-state index contributed by atoms with van der Waals surface area (Å²) in [6.07, 6.45) is -3.76. The van der Waals surface area contributed by atoms with Crippen LogP contribution in [0.4, 0.5) is 13.2 Å². The number of benzene rings is 2. The average molecular weight is 427 g/mol. The molecular weight excluding hydrogens is 411 g/mol. The van der Waals surface area contributed by atoms with Gasteiger partial charge in [0.15, 0.2) is 9.84 Å². The van der Waals surface area contributed by atoms with E-state index < -0.39 is 27.8 Å². The molecule has 154 valence electrons. The number of alkyl halides is 3. The van der Waals surface area contributed by atoms with Crippen molar-refractivity contribution in [3.63, 3.8) is 0 Å². The van der Waals surface area contributed by atoms with Crippen LogP contribution >= 0.6 is 0 Å². The molecule has 0 saturated carbocycles. The number of hydrogen-bond acceptors (Lipinski definition) is 6. The van der Waals surface area contributed by atoms with E-state index in [0.717, 1.165) is 10.9 Å². The lowest BCUT2D eigenvalue weighted by Gasteiger charge is -2.08. The van der Waals surface area contributed by atoms with Crippen LogP contribution in [0.25, 0.3) is 5.69 Å². The Balaban J connectivity index is 1.99. The van der Waals surface area contributed by atoms with Crippen LogP contribution in [0, 0.1) is 0 Å². The summed E-state index contributed by atoms with van der Waals surface area (Å²) in [6, 6.07) is 11.0. The first-order valence-corrected chi connectivity index (χ1v) is 10.2. The summed E-state index contributed by atoms with van der Waals surface area (Å²) in [4.78, 5) is 3.46. The zero-order valence-electron chi connectivity index (χ0n) is 15.3. The van der Waals surface area contributed by atoms with Gasteiger partial charge in [-0.2, -0.15) is 22.8 Å². The highest BCUT2D eigenvalue weighted by Gasteiger charge is 2.38. The van der Waals surface area contributed by atoms with E-state index in [2.05, 4.69) is 10.1 Å². The third-order valence-electron chi connectivity index (χ3n) is 3.68. The fourth-order valence-electron chi connectivity index (χ4n) is 2.36. The number of sulfone groups is 1. The Morgan fingerprint density at radius 2 is 1.59 bits per heavy atom. The van der Waals surface area contributed by atoms with E-state index in [0.29, 0.717) is 12.4 Å². The lowest BCUT2D eigenvalue weighted by atomic mass is 10.3. The first kappa shape index (κ1) is 20.6. The molecule has 0 amide bonds. The molecule has 0 aliphatic rings. The molecule has 0 fully saturated rings. The number of hydrogen-bond donors (Lipinski definition) is 0. The quantitative estimate of drug-likeness (QED) is 0.594. The van der Waals surface area contributed by atoms with Crippen LogP contribution < -0.4 is 9.47 Å². The first-order valence-electron chi connectivity index (χ1n) is 8.33. The van der Waals surface area contributed by atoms with E-state index in [1.807, 2.05) is 6.92 Å². The van der Waals surface area contributed by atoms with Gasteiger partial charge in [-0.1, -0.05) is 0 Å². The van der Waals surface area contributed by atoms with Crippen LogP contribution in [0.15, 0.2) is 53.4 Å². The summed E-state index contributed by atoms with van der Waals surface area (Å²) in [6.45, 7) is 2.29. The molecule has 29 heavy (non-hydrogen) atoms. The molecule has 0 radical (unpaired) electrons. The van der Waals surface area contributed by atoms with Gasteiger partial charge in [-0.15, -0.1) is 5.10 Å². The number of halogens is 3. The molecule has 11 heteroatoms. The smallest absolute Gasteiger partial charge is 0.453 e. The van der Waals surface area contributed by atoms with E-state index in [-0.39, 0.29) is 16.3 Å². The second kappa shape index (κ2) is 7.74. The van der Waals surface area contributed by atoms with Crippen molar-refractivity contribution >= 4 is 9.84 Å². The molecule has 0 atom stereocenters. The predicted octanol–water partition coefficient (Wildman–Crippen LogP) is 3.88. The maximum atomic E-state index is 13.1. The summed E-state index contributed by atoms with van der Waals surface area (Å²) >= 11 is 0. The van der Waals surface area contributed by atoms with Crippen LogP contribution in [0.3, 0.4) is 0 Å². The van der Waals surface area contributed by atoms with Gasteiger partial charge in [-0.05, 0) is 55.5 Å². The van der Waals surface area contributed by atoms with Gasteiger partial charge in [0.05, 0.1) is 17.2 Å². The molecule has 7 nitrogen and oxygen atoms in total. The van der Waals surface area contributed by atoms with E-state index in [9.17, 15) is 21.6 Å². The first-order chi connectivity index (χ1) is 13.6. The maximum Gasteiger partial charge on any atom is 0.453 e. The Morgan fingerprint density at radius 3 is 2.10 bits per heavy atom. The van der Waals surface area contributed by atoms with Gasteiger partial charge in [-0.3, -0.25) is 0 Å². The second-order valence-electron chi connectivity index (χ2n) is 5.90. The van der Waals surface area contributed by atoms with Crippen LogP contribution in [0.1, 0.15) is 12.7 Å². The monoisotopic (exact) mass is 427 g/mol. The molecule has 0 bridgehead atoms. The van der Waals surface area contributed by atoms with Gasteiger partial charge in [0.2, 0.25) is 0 Å². The van der Waals surface area contributed by atoms with Crippen LogP contribution in [-0.2, 0) is 16.0 Å². The molecule has 0 N–H and O–H groups in total. The van der Waals surface area contributed by atoms with E-state index in [1.54, 1.807) is 12.1 Å². The molecule has 0 saturated heterocycles.